The van der Waals surface area contributed by atoms with Gasteiger partial charge in [-0.15, -0.1) is 24.0 Å². The number of guanidine groups is 1. The first kappa shape index (κ1) is 21.9. The number of H-pyrrole nitrogens is 1. The lowest BCUT2D eigenvalue weighted by atomic mass is 10.1. The van der Waals surface area contributed by atoms with Crippen LogP contribution >= 0.6 is 24.0 Å². The van der Waals surface area contributed by atoms with Crippen molar-refractivity contribution in [3.05, 3.63) is 35.8 Å². The van der Waals surface area contributed by atoms with Crippen LogP contribution in [0.2, 0.25) is 0 Å². The second-order valence-corrected chi connectivity index (χ2v) is 6.40. The Hall–Kier alpha value is -1.39. The van der Waals surface area contributed by atoms with Crippen LogP contribution < -0.4 is 10.6 Å². The van der Waals surface area contributed by atoms with Gasteiger partial charge in [0.15, 0.2) is 5.96 Å². The van der Waals surface area contributed by atoms with E-state index in [4.69, 9.17) is 4.74 Å². The van der Waals surface area contributed by atoms with Gasteiger partial charge in [0.2, 0.25) is 0 Å². The van der Waals surface area contributed by atoms with E-state index in [-0.39, 0.29) is 29.8 Å². The van der Waals surface area contributed by atoms with Crippen LogP contribution in [0.3, 0.4) is 0 Å². The van der Waals surface area contributed by atoms with Crippen LogP contribution in [0.5, 0.6) is 0 Å². The van der Waals surface area contributed by atoms with E-state index in [0.29, 0.717) is 0 Å². The highest BCUT2D eigenvalue weighted by Gasteiger charge is 2.09. The van der Waals surface area contributed by atoms with E-state index in [1.165, 1.54) is 6.07 Å². The maximum absolute atomic E-state index is 13.5. The predicted molar refractivity (Wildman–Crippen MR) is 119 cm³/mol. The van der Waals surface area contributed by atoms with Crippen LogP contribution in [0.25, 0.3) is 10.9 Å². The van der Waals surface area contributed by atoms with Crippen molar-refractivity contribution in [3.8, 4) is 0 Å². The number of aliphatic imine (C=N–C) groups is 1. The Morgan fingerprint density at radius 2 is 2.11 bits per heavy atom. The first-order valence-electron chi connectivity index (χ1n) is 9.34. The lowest BCUT2D eigenvalue weighted by Gasteiger charge is -2.25. The molecule has 1 aliphatic heterocycles. The zero-order chi connectivity index (χ0) is 18.2. The fourth-order valence-electron chi connectivity index (χ4n) is 3.14. The molecule has 0 spiro atoms. The van der Waals surface area contributed by atoms with E-state index in [0.717, 1.165) is 81.3 Å². The van der Waals surface area contributed by atoms with Gasteiger partial charge in [0, 0.05) is 49.8 Å². The van der Waals surface area contributed by atoms with E-state index in [1.807, 2.05) is 6.20 Å². The SMILES string of the molecule is CCNC(=NCCN1CCOCC1)NCCc1c[nH]c2ccc(F)cc12.I. The van der Waals surface area contributed by atoms with E-state index in [9.17, 15) is 4.39 Å². The number of nitrogens with zero attached hydrogens (tertiary/aromatic N) is 2. The van der Waals surface area contributed by atoms with Crippen LogP contribution in [0.15, 0.2) is 29.4 Å². The molecule has 1 aliphatic rings. The minimum atomic E-state index is -0.204. The molecule has 1 fully saturated rings. The second-order valence-electron chi connectivity index (χ2n) is 6.40. The summed E-state index contributed by atoms with van der Waals surface area (Å²) in [5, 5.41) is 7.58. The number of halogens is 2. The summed E-state index contributed by atoms with van der Waals surface area (Å²) in [4.78, 5) is 10.2. The van der Waals surface area contributed by atoms with Gasteiger partial charge >= 0.3 is 0 Å². The zero-order valence-corrected chi connectivity index (χ0v) is 18.1. The van der Waals surface area contributed by atoms with E-state index in [1.54, 1.807) is 12.1 Å². The van der Waals surface area contributed by atoms with Crippen molar-refractivity contribution < 1.29 is 9.13 Å². The quantitative estimate of drug-likeness (QED) is 0.318. The second kappa shape index (κ2) is 11.5. The van der Waals surface area contributed by atoms with Gasteiger partial charge in [-0.1, -0.05) is 0 Å². The number of morpholine rings is 1. The molecule has 0 saturated carbocycles. The standard InChI is InChI=1S/C19H28FN5O.HI/c1-2-21-19(23-7-8-25-9-11-26-12-10-25)22-6-5-15-14-24-18-4-3-16(20)13-17(15)18;/h3-4,13-14,24H,2,5-12H2,1H3,(H2,21,22,23);1H. The molecule has 1 saturated heterocycles. The van der Waals surface area contributed by atoms with E-state index in [2.05, 4.69) is 32.4 Å². The molecule has 3 N–H and O–H groups in total. The summed E-state index contributed by atoms with van der Waals surface area (Å²) in [5.41, 5.74) is 2.07. The van der Waals surface area contributed by atoms with Crippen molar-refractivity contribution in [2.75, 3.05) is 52.5 Å². The number of hydrogen-bond donors (Lipinski definition) is 3. The summed E-state index contributed by atoms with van der Waals surface area (Å²) in [5.74, 6) is 0.621. The lowest BCUT2D eigenvalue weighted by molar-refractivity contribution is 0.0394. The Bertz CT molecular complexity index is 730. The van der Waals surface area contributed by atoms with Gasteiger partial charge in [0.1, 0.15) is 5.82 Å². The van der Waals surface area contributed by atoms with Crippen LogP contribution in [-0.2, 0) is 11.2 Å². The molecular formula is C19H29FIN5O. The molecular weight excluding hydrogens is 460 g/mol. The third-order valence-electron chi connectivity index (χ3n) is 4.55. The number of fused-ring (bicyclic) bond motifs is 1. The number of rotatable bonds is 7. The number of ether oxygens (including phenoxy) is 1. The molecule has 150 valence electrons. The molecule has 0 amide bonds. The highest BCUT2D eigenvalue weighted by molar-refractivity contribution is 14.0. The smallest absolute Gasteiger partial charge is 0.191 e. The molecule has 27 heavy (non-hydrogen) atoms. The number of benzene rings is 1. The summed E-state index contributed by atoms with van der Waals surface area (Å²) in [6.07, 6.45) is 2.76. The van der Waals surface area contributed by atoms with Gasteiger partial charge in [0.25, 0.3) is 0 Å². The molecule has 0 bridgehead atoms. The van der Waals surface area contributed by atoms with Crippen molar-refractivity contribution in [2.24, 2.45) is 4.99 Å². The minimum absolute atomic E-state index is 0. The summed E-state index contributed by atoms with van der Waals surface area (Å²) >= 11 is 0. The first-order valence-corrected chi connectivity index (χ1v) is 9.34. The fraction of sp³-hybridized carbons (Fsp3) is 0.526. The topological polar surface area (TPSA) is 64.7 Å². The number of nitrogens with one attached hydrogen (secondary N) is 3. The van der Waals surface area contributed by atoms with Crippen LogP contribution in [0, 0.1) is 5.82 Å². The summed E-state index contributed by atoms with van der Waals surface area (Å²) in [6.45, 7) is 8.92. The predicted octanol–water partition coefficient (Wildman–Crippen LogP) is 2.35. The normalized spacial score (nSPS) is 15.6. The van der Waals surface area contributed by atoms with Crippen LogP contribution in [0.4, 0.5) is 4.39 Å². The highest BCUT2D eigenvalue weighted by atomic mass is 127. The Balaban J connectivity index is 0.00000261. The van der Waals surface area contributed by atoms with Crippen LogP contribution in [-0.4, -0.2) is 68.3 Å². The molecule has 0 radical (unpaired) electrons. The first-order chi connectivity index (χ1) is 12.8. The minimum Gasteiger partial charge on any atom is -0.379 e. The molecule has 2 heterocycles. The van der Waals surface area contributed by atoms with Gasteiger partial charge < -0.3 is 20.4 Å². The van der Waals surface area contributed by atoms with Gasteiger partial charge in [-0.2, -0.15) is 0 Å². The maximum Gasteiger partial charge on any atom is 0.191 e. The molecule has 1 aromatic heterocycles. The van der Waals surface area contributed by atoms with Crippen molar-refractivity contribution in [3.63, 3.8) is 0 Å². The zero-order valence-electron chi connectivity index (χ0n) is 15.8. The lowest BCUT2D eigenvalue weighted by Crippen LogP contribution is -2.40. The molecule has 6 nitrogen and oxygen atoms in total. The largest absolute Gasteiger partial charge is 0.379 e. The average molecular weight is 489 g/mol. The van der Waals surface area contributed by atoms with Crippen molar-refractivity contribution in [1.82, 2.24) is 20.5 Å². The third kappa shape index (κ3) is 6.62. The Morgan fingerprint density at radius 3 is 2.89 bits per heavy atom. The number of aromatic nitrogens is 1. The molecule has 0 aliphatic carbocycles. The Labute approximate surface area is 177 Å². The van der Waals surface area contributed by atoms with Gasteiger partial charge in [0.05, 0.1) is 19.8 Å². The average Bonchev–Trinajstić information content (AvgIpc) is 3.05. The number of aromatic amines is 1. The molecule has 2 aromatic rings. The fourth-order valence-corrected chi connectivity index (χ4v) is 3.14. The molecule has 8 heteroatoms. The molecule has 3 rings (SSSR count). The molecule has 0 atom stereocenters. The highest BCUT2D eigenvalue weighted by Crippen LogP contribution is 2.19. The molecule has 0 unspecified atom stereocenters. The van der Waals surface area contributed by atoms with Gasteiger partial charge in [-0.25, -0.2) is 4.39 Å². The molecule has 1 aromatic carbocycles. The van der Waals surface area contributed by atoms with Crippen molar-refractivity contribution in [2.45, 2.75) is 13.3 Å². The Morgan fingerprint density at radius 1 is 1.30 bits per heavy atom. The monoisotopic (exact) mass is 489 g/mol. The van der Waals surface area contributed by atoms with Crippen LogP contribution in [0.1, 0.15) is 12.5 Å². The summed E-state index contributed by atoms with van der Waals surface area (Å²) < 4.78 is 18.8. The third-order valence-corrected chi connectivity index (χ3v) is 4.55. The summed E-state index contributed by atoms with van der Waals surface area (Å²) in [6, 6.07) is 4.84. The van der Waals surface area contributed by atoms with Crippen molar-refractivity contribution >= 4 is 40.8 Å². The summed E-state index contributed by atoms with van der Waals surface area (Å²) in [7, 11) is 0. The van der Waals surface area contributed by atoms with Gasteiger partial charge in [-0.05, 0) is 37.1 Å². The van der Waals surface area contributed by atoms with E-state index < -0.39 is 0 Å². The van der Waals surface area contributed by atoms with Crippen molar-refractivity contribution in [1.29, 1.82) is 0 Å². The van der Waals surface area contributed by atoms with E-state index >= 15 is 0 Å². The maximum atomic E-state index is 13.5. The number of hydrogen-bond acceptors (Lipinski definition) is 3. The van der Waals surface area contributed by atoms with Gasteiger partial charge in [-0.3, -0.25) is 9.89 Å². The Kier molecular flexibility index (Phi) is 9.29.